The van der Waals surface area contributed by atoms with Crippen molar-refractivity contribution in [2.45, 2.75) is 18.2 Å². The first kappa shape index (κ1) is 16.4. The van der Waals surface area contributed by atoms with Crippen LogP contribution < -0.4 is 16.2 Å². The van der Waals surface area contributed by atoms with E-state index in [9.17, 15) is 13.2 Å². The zero-order chi connectivity index (χ0) is 15.2. The van der Waals surface area contributed by atoms with Crippen molar-refractivity contribution < 1.29 is 17.9 Å². The second-order valence-electron chi connectivity index (χ2n) is 4.13. The van der Waals surface area contributed by atoms with Gasteiger partial charge < -0.3 is 16.2 Å². The van der Waals surface area contributed by atoms with Crippen molar-refractivity contribution in [2.24, 2.45) is 5.73 Å². The molecule has 7 nitrogen and oxygen atoms in total. The van der Waals surface area contributed by atoms with Crippen LogP contribution in [0, 0.1) is 0 Å². The minimum absolute atomic E-state index is 0.0467. The zero-order valence-corrected chi connectivity index (χ0v) is 12.1. The predicted molar refractivity (Wildman–Crippen MR) is 75.4 cm³/mol. The molecule has 0 aliphatic carbocycles. The molecule has 0 unspecified atom stereocenters. The van der Waals surface area contributed by atoms with Crippen molar-refractivity contribution in [1.82, 2.24) is 4.72 Å². The highest BCUT2D eigenvalue weighted by molar-refractivity contribution is 7.89. The van der Waals surface area contributed by atoms with Crippen molar-refractivity contribution in [2.75, 3.05) is 25.5 Å². The molecule has 112 valence electrons. The number of sulfonamides is 1. The number of carbonyl (C=O) groups excluding carboxylic acids is 1. The van der Waals surface area contributed by atoms with Crippen molar-refractivity contribution in [3.05, 3.63) is 23.8 Å². The highest BCUT2D eigenvalue weighted by Crippen LogP contribution is 2.18. The summed E-state index contributed by atoms with van der Waals surface area (Å²) in [7, 11) is -3.63. The highest BCUT2D eigenvalue weighted by Gasteiger charge is 2.14. The minimum atomic E-state index is -3.63. The first-order valence-electron chi connectivity index (χ1n) is 6.11. The normalized spacial score (nSPS) is 11.4. The van der Waals surface area contributed by atoms with Crippen LogP contribution in [0.3, 0.4) is 0 Å². The van der Waals surface area contributed by atoms with Gasteiger partial charge in [-0.3, -0.25) is 4.79 Å². The first-order valence-corrected chi connectivity index (χ1v) is 7.59. The lowest BCUT2D eigenvalue weighted by Crippen LogP contribution is -2.29. The Balaban J connectivity index is 2.60. The molecule has 0 spiro atoms. The Morgan fingerprint density at radius 1 is 1.40 bits per heavy atom. The van der Waals surface area contributed by atoms with E-state index in [1.165, 1.54) is 12.1 Å². The van der Waals surface area contributed by atoms with Gasteiger partial charge in [0.15, 0.2) is 0 Å². The molecule has 1 rings (SSSR count). The molecule has 1 aromatic rings. The maximum absolute atomic E-state index is 12.0. The van der Waals surface area contributed by atoms with Gasteiger partial charge in [-0.25, -0.2) is 13.1 Å². The lowest BCUT2D eigenvalue weighted by Gasteiger charge is -2.09. The van der Waals surface area contributed by atoms with E-state index in [2.05, 4.69) is 4.72 Å². The summed E-state index contributed by atoms with van der Waals surface area (Å²) in [5.41, 5.74) is 12.0. The van der Waals surface area contributed by atoms with Gasteiger partial charge in [-0.2, -0.15) is 0 Å². The van der Waals surface area contributed by atoms with E-state index in [0.717, 1.165) is 12.0 Å². The fraction of sp³-hybridized carbons (Fsp3) is 0.417. The number of nitrogens with one attached hydrogen (secondary N) is 1. The van der Waals surface area contributed by atoms with E-state index < -0.39 is 15.9 Å². The minimum Gasteiger partial charge on any atom is -0.398 e. The summed E-state index contributed by atoms with van der Waals surface area (Å²) in [5.74, 6) is -0.601. The summed E-state index contributed by atoms with van der Waals surface area (Å²) in [6.45, 7) is 1.81. The van der Waals surface area contributed by atoms with Gasteiger partial charge in [-0.05, 0) is 24.1 Å². The summed E-state index contributed by atoms with van der Waals surface area (Å²) in [5, 5.41) is 0. The van der Waals surface area contributed by atoms with Crippen LogP contribution in [0.15, 0.2) is 23.1 Å². The van der Waals surface area contributed by atoms with Crippen LogP contribution in [0.1, 0.15) is 12.5 Å². The van der Waals surface area contributed by atoms with Gasteiger partial charge in [0.1, 0.15) is 6.61 Å². The quantitative estimate of drug-likeness (QED) is 0.445. The van der Waals surface area contributed by atoms with Gasteiger partial charge in [0, 0.05) is 12.2 Å². The Bertz CT molecular complexity index is 572. The summed E-state index contributed by atoms with van der Waals surface area (Å²) in [6, 6.07) is 4.61. The van der Waals surface area contributed by atoms with Crippen LogP contribution in [-0.2, 0) is 26.0 Å². The van der Waals surface area contributed by atoms with Gasteiger partial charge in [-0.15, -0.1) is 0 Å². The van der Waals surface area contributed by atoms with Crippen LogP contribution >= 0.6 is 0 Å². The summed E-state index contributed by atoms with van der Waals surface area (Å²) < 4.78 is 31.1. The van der Waals surface area contributed by atoms with E-state index in [1.807, 2.05) is 6.92 Å². The molecule has 0 aromatic heterocycles. The fourth-order valence-electron chi connectivity index (χ4n) is 1.57. The van der Waals surface area contributed by atoms with Crippen molar-refractivity contribution in [3.63, 3.8) is 0 Å². The average Bonchev–Trinajstić information content (AvgIpc) is 2.37. The predicted octanol–water partition coefficient (Wildman–Crippen LogP) is -0.389. The molecule has 0 fully saturated rings. The highest BCUT2D eigenvalue weighted by atomic mass is 32.2. The zero-order valence-electron chi connectivity index (χ0n) is 11.3. The van der Waals surface area contributed by atoms with Crippen LogP contribution in [0.2, 0.25) is 0 Å². The van der Waals surface area contributed by atoms with Crippen molar-refractivity contribution in [3.8, 4) is 0 Å². The topological polar surface area (TPSA) is 125 Å². The van der Waals surface area contributed by atoms with E-state index in [-0.39, 0.29) is 24.7 Å². The molecule has 0 aliphatic heterocycles. The van der Waals surface area contributed by atoms with Gasteiger partial charge in [0.25, 0.3) is 0 Å². The number of hydrogen-bond donors (Lipinski definition) is 3. The van der Waals surface area contributed by atoms with Crippen LogP contribution in [-0.4, -0.2) is 34.1 Å². The van der Waals surface area contributed by atoms with E-state index >= 15 is 0 Å². The molecule has 0 heterocycles. The van der Waals surface area contributed by atoms with Crippen LogP contribution in [0.4, 0.5) is 5.69 Å². The molecular formula is C12H19N3O4S. The lowest BCUT2D eigenvalue weighted by molar-refractivity contribution is -0.122. The van der Waals surface area contributed by atoms with Gasteiger partial charge in [-0.1, -0.05) is 13.0 Å². The second-order valence-corrected chi connectivity index (χ2v) is 5.90. The standard InChI is InChI=1S/C12H19N3O4S/c1-2-9-3-4-10(7-11(9)13)20(17,18)15-5-6-19-8-12(14)16/h3-4,7,15H,2,5-6,8,13H2,1H3,(H2,14,16). The molecule has 0 bridgehead atoms. The molecule has 1 aromatic carbocycles. The average molecular weight is 301 g/mol. The third-order valence-corrected chi connectivity index (χ3v) is 4.05. The molecule has 0 atom stereocenters. The Morgan fingerprint density at radius 2 is 2.10 bits per heavy atom. The number of nitrogen functional groups attached to an aromatic ring is 1. The lowest BCUT2D eigenvalue weighted by atomic mass is 10.1. The molecule has 20 heavy (non-hydrogen) atoms. The first-order chi connectivity index (χ1) is 9.36. The number of primary amides is 1. The maximum atomic E-state index is 12.0. The molecule has 0 radical (unpaired) electrons. The third kappa shape index (κ3) is 4.80. The Hall–Kier alpha value is -1.64. The number of amides is 1. The van der Waals surface area contributed by atoms with E-state index in [1.54, 1.807) is 6.07 Å². The van der Waals surface area contributed by atoms with Gasteiger partial charge in [0.2, 0.25) is 15.9 Å². The Kier molecular flexibility index (Phi) is 5.93. The van der Waals surface area contributed by atoms with Crippen LogP contribution in [0.25, 0.3) is 0 Å². The number of rotatable bonds is 8. The van der Waals surface area contributed by atoms with Crippen LogP contribution in [0.5, 0.6) is 0 Å². The number of nitrogens with two attached hydrogens (primary N) is 2. The number of anilines is 1. The number of aryl methyl sites for hydroxylation is 1. The SMILES string of the molecule is CCc1ccc(S(=O)(=O)NCCOCC(N)=O)cc1N. The number of hydrogen-bond acceptors (Lipinski definition) is 5. The van der Waals surface area contributed by atoms with Crippen molar-refractivity contribution >= 4 is 21.6 Å². The van der Waals surface area contributed by atoms with E-state index in [4.69, 9.17) is 16.2 Å². The van der Waals surface area contributed by atoms with Gasteiger partial charge in [0.05, 0.1) is 11.5 Å². The summed E-state index contributed by atoms with van der Waals surface area (Å²) in [6.07, 6.45) is 0.737. The Morgan fingerprint density at radius 3 is 2.65 bits per heavy atom. The fourth-order valence-corrected chi connectivity index (χ4v) is 2.61. The largest absolute Gasteiger partial charge is 0.398 e. The number of ether oxygens (including phenoxy) is 1. The molecule has 0 aliphatic rings. The maximum Gasteiger partial charge on any atom is 0.243 e. The smallest absolute Gasteiger partial charge is 0.243 e. The van der Waals surface area contributed by atoms with Gasteiger partial charge >= 0.3 is 0 Å². The monoisotopic (exact) mass is 301 g/mol. The summed E-state index contributed by atoms with van der Waals surface area (Å²) >= 11 is 0. The molecular weight excluding hydrogens is 282 g/mol. The Labute approximate surface area is 118 Å². The molecule has 0 saturated carbocycles. The van der Waals surface area contributed by atoms with Crippen molar-refractivity contribution in [1.29, 1.82) is 0 Å². The summed E-state index contributed by atoms with van der Waals surface area (Å²) in [4.78, 5) is 10.5. The van der Waals surface area contributed by atoms with E-state index in [0.29, 0.717) is 5.69 Å². The second kappa shape index (κ2) is 7.22. The molecule has 5 N–H and O–H groups in total. The molecule has 0 saturated heterocycles. The third-order valence-electron chi connectivity index (χ3n) is 2.59. The number of benzene rings is 1. The number of carbonyl (C=O) groups is 1. The molecule has 8 heteroatoms. The molecule has 1 amide bonds.